The van der Waals surface area contributed by atoms with E-state index >= 15 is 0 Å². The third kappa shape index (κ3) is 3.63. The summed E-state index contributed by atoms with van der Waals surface area (Å²) in [5, 5.41) is 0. The summed E-state index contributed by atoms with van der Waals surface area (Å²) in [6.07, 6.45) is 0. The van der Waals surface area contributed by atoms with Crippen molar-refractivity contribution in [3.05, 3.63) is 29.8 Å². The number of nitrogens with zero attached hydrogens (tertiary/aromatic N) is 1. The zero-order valence-electron chi connectivity index (χ0n) is 12.4. The smallest absolute Gasteiger partial charge is 0.330 e. The lowest BCUT2D eigenvalue weighted by atomic mass is 10.2. The van der Waals surface area contributed by atoms with Crippen molar-refractivity contribution in [3.8, 4) is 0 Å². The van der Waals surface area contributed by atoms with E-state index in [9.17, 15) is 13.2 Å². The van der Waals surface area contributed by atoms with Crippen LogP contribution in [0.5, 0.6) is 0 Å². The maximum atomic E-state index is 11.9. The predicted molar refractivity (Wildman–Crippen MR) is 80.2 cm³/mol. The summed E-state index contributed by atoms with van der Waals surface area (Å²) in [5.41, 5.74) is 0.455. The molecule has 120 valence electrons. The van der Waals surface area contributed by atoms with Gasteiger partial charge in [-0.05, 0) is 26.0 Å². The lowest BCUT2D eigenvalue weighted by molar-refractivity contribution is -0.146. The van der Waals surface area contributed by atoms with E-state index in [1.165, 1.54) is 6.07 Å². The number of carbonyl (C=O) groups is 1. The summed E-state index contributed by atoms with van der Waals surface area (Å²) in [6, 6.07) is 5.66. The van der Waals surface area contributed by atoms with E-state index in [1.807, 2.05) is 6.92 Å². The number of esters is 1. The molecule has 0 aliphatic carbocycles. The fourth-order valence-electron chi connectivity index (χ4n) is 1.94. The molecule has 1 aliphatic heterocycles. The summed E-state index contributed by atoms with van der Waals surface area (Å²) in [5.74, 6) is -0.374. The molecule has 0 bridgehead atoms. The van der Waals surface area contributed by atoms with Crippen LogP contribution in [0.2, 0.25) is 0 Å². The molecule has 22 heavy (non-hydrogen) atoms. The first kappa shape index (κ1) is 16.4. The van der Waals surface area contributed by atoms with E-state index in [1.54, 1.807) is 25.1 Å². The van der Waals surface area contributed by atoms with Crippen molar-refractivity contribution in [1.29, 1.82) is 0 Å². The number of hydrogen-bond donors (Lipinski definition) is 1. The molecular formula is C14H18N2O5S. The number of hydrogen-bond acceptors (Lipinski definition) is 6. The van der Waals surface area contributed by atoms with Crippen LogP contribution in [0.4, 0.5) is 0 Å². The Balaban J connectivity index is 2.09. The predicted octanol–water partition coefficient (Wildman–Crippen LogP) is 0.693. The molecule has 1 aliphatic rings. The molecule has 0 unspecified atom stereocenters. The molecule has 1 N–H and O–H groups in total. The van der Waals surface area contributed by atoms with Crippen LogP contribution in [-0.2, 0) is 24.3 Å². The highest BCUT2D eigenvalue weighted by Gasteiger charge is 2.31. The number of fused-ring (bicyclic) bond motifs is 1. The molecule has 1 heterocycles. The number of nitrogens with one attached hydrogen (secondary N) is 1. The van der Waals surface area contributed by atoms with Crippen LogP contribution in [0.1, 0.15) is 19.4 Å². The van der Waals surface area contributed by atoms with Gasteiger partial charge < -0.3 is 9.47 Å². The molecule has 1 aromatic rings. The molecule has 0 saturated heterocycles. The van der Waals surface area contributed by atoms with Gasteiger partial charge in [-0.15, -0.1) is 0 Å². The first-order chi connectivity index (χ1) is 10.5. The van der Waals surface area contributed by atoms with Gasteiger partial charge in [-0.1, -0.05) is 12.1 Å². The van der Waals surface area contributed by atoms with E-state index in [2.05, 4.69) is 9.71 Å². The summed E-state index contributed by atoms with van der Waals surface area (Å²) < 4.78 is 36.3. The van der Waals surface area contributed by atoms with Crippen molar-refractivity contribution in [1.82, 2.24) is 4.72 Å². The van der Waals surface area contributed by atoms with Crippen molar-refractivity contribution in [2.24, 2.45) is 4.99 Å². The zero-order chi connectivity index (χ0) is 16.2. The molecule has 7 nitrogen and oxygen atoms in total. The fraction of sp³-hybridized carbons (Fsp3) is 0.429. The van der Waals surface area contributed by atoms with Crippen molar-refractivity contribution >= 4 is 21.8 Å². The molecule has 8 heteroatoms. The largest absolute Gasteiger partial charge is 0.462 e. The van der Waals surface area contributed by atoms with Crippen molar-refractivity contribution in [3.63, 3.8) is 0 Å². The van der Waals surface area contributed by atoms with Gasteiger partial charge in [0.2, 0.25) is 0 Å². The molecule has 0 amide bonds. The summed E-state index contributed by atoms with van der Waals surface area (Å²) in [6.45, 7) is 4.41. The second-order valence-electron chi connectivity index (χ2n) is 4.62. The molecular weight excluding hydrogens is 308 g/mol. The number of benzene rings is 1. The minimum absolute atomic E-state index is 0.143. The van der Waals surface area contributed by atoms with Gasteiger partial charge in [0, 0.05) is 12.2 Å². The fourth-order valence-corrected chi connectivity index (χ4v) is 3.18. The van der Waals surface area contributed by atoms with E-state index in [-0.39, 0.29) is 17.3 Å². The second-order valence-corrected chi connectivity index (χ2v) is 6.27. The third-order valence-electron chi connectivity index (χ3n) is 3.00. The SMILES string of the molecule is CCOCCOC(=O)[C@H](C)N=C1NS(=O)(=O)c2ccccc21. The Hall–Kier alpha value is -1.93. The van der Waals surface area contributed by atoms with Gasteiger partial charge in [0.15, 0.2) is 0 Å². The van der Waals surface area contributed by atoms with Gasteiger partial charge >= 0.3 is 5.97 Å². The Morgan fingerprint density at radius 3 is 2.77 bits per heavy atom. The Morgan fingerprint density at radius 2 is 2.05 bits per heavy atom. The van der Waals surface area contributed by atoms with Crippen LogP contribution < -0.4 is 4.72 Å². The Bertz CT molecular complexity index is 684. The van der Waals surface area contributed by atoms with Crippen LogP contribution >= 0.6 is 0 Å². The maximum Gasteiger partial charge on any atom is 0.330 e. The Kier molecular flexibility index (Phi) is 5.15. The monoisotopic (exact) mass is 326 g/mol. The Labute approximate surface area is 129 Å². The van der Waals surface area contributed by atoms with Crippen LogP contribution in [0, 0.1) is 0 Å². The Morgan fingerprint density at radius 1 is 1.32 bits per heavy atom. The van der Waals surface area contributed by atoms with E-state index in [0.717, 1.165) is 0 Å². The highest BCUT2D eigenvalue weighted by atomic mass is 32.2. The number of ether oxygens (including phenoxy) is 2. The maximum absolute atomic E-state index is 11.9. The standard InChI is InChI=1S/C14H18N2O5S/c1-3-20-8-9-21-14(17)10(2)15-13-11-6-4-5-7-12(11)22(18,19)16-13/h4-7,10H,3,8-9H2,1-2H3,(H,15,16)/t10-/m0/s1. The number of aliphatic imine (C=N–C) groups is 1. The quantitative estimate of drug-likeness (QED) is 0.613. The van der Waals surface area contributed by atoms with E-state index in [0.29, 0.717) is 18.8 Å². The number of amidine groups is 1. The van der Waals surface area contributed by atoms with Crippen LogP contribution in [0.15, 0.2) is 34.2 Å². The van der Waals surface area contributed by atoms with Crippen molar-refractivity contribution < 1.29 is 22.7 Å². The van der Waals surface area contributed by atoms with Gasteiger partial charge in [0.05, 0.1) is 11.5 Å². The van der Waals surface area contributed by atoms with Gasteiger partial charge in [-0.3, -0.25) is 9.71 Å². The van der Waals surface area contributed by atoms with E-state index in [4.69, 9.17) is 9.47 Å². The number of sulfonamides is 1. The molecule has 2 rings (SSSR count). The lowest BCUT2D eigenvalue weighted by Crippen LogP contribution is -2.27. The van der Waals surface area contributed by atoms with Gasteiger partial charge in [0.1, 0.15) is 18.5 Å². The lowest BCUT2D eigenvalue weighted by Gasteiger charge is -2.09. The normalized spacial score (nSPS) is 18.5. The minimum atomic E-state index is -3.60. The van der Waals surface area contributed by atoms with Gasteiger partial charge in [0.25, 0.3) is 10.0 Å². The first-order valence-corrected chi connectivity index (χ1v) is 8.38. The number of rotatable bonds is 6. The zero-order valence-corrected chi connectivity index (χ0v) is 13.2. The first-order valence-electron chi connectivity index (χ1n) is 6.90. The molecule has 0 saturated carbocycles. The molecule has 1 atom stereocenters. The highest BCUT2D eigenvalue weighted by molar-refractivity contribution is 7.90. The van der Waals surface area contributed by atoms with E-state index < -0.39 is 22.0 Å². The average Bonchev–Trinajstić information content (AvgIpc) is 2.75. The molecule has 1 aromatic carbocycles. The number of carbonyl (C=O) groups excluding carboxylic acids is 1. The van der Waals surface area contributed by atoms with Crippen molar-refractivity contribution in [2.75, 3.05) is 19.8 Å². The topological polar surface area (TPSA) is 94.1 Å². The molecule has 0 aromatic heterocycles. The molecule has 0 spiro atoms. The third-order valence-corrected chi connectivity index (χ3v) is 4.40. The summed E-state index contributed by atoms with van der Waals surface area (Å²) >= 11 is 0. The average molecular weight is 326 g/mol. The second kappa shape index (κ2) is 6.89. The summed E-state index contributed by atoms with van der Waals surface area (Å²) in [7, 11) is -3.60. The van der Waals surface area contributed by atoms with Crippen LogP contribution in [-0.4, -0.2) is 46.1 Å². The molecule has 0 fully saturated rings. The molecule has 0 radical (unpaired) electrons. The van der Waals surface area contributed by atoms with Crippen LogP contribution in [0.3, 0.4) is 0 Å². The van der Waals surface area contributed by atoms with Gasteiger partial charge in [-0.25, -0.2) is 13.2 Å². The van der Waals surface area contributed by atoms with Gasteiger partial charge in [-0.2, -0.15) is 0 Å². The minimum Gasteiger partial charge on any atom is -0.462 e. The van der Waals surface area contributed by atoms with Crippen LogP contribution in [0.25, 0.3) is 0 Å². The highest BCUT2D eigenvalue weighted by Crippen LogP contribution is 2.22. The summed E-state index contributed by atoms with van der Waals surface area (Å²) in [4.78, 5) is 16.1. The van der Waals surface area contributed by atoms with Crippen molar-refractivity contribution in [2.45, 2.75) is 24.8 Å².